The number of carbonyl (C=O) groups is 2. The van der Waals surface area contributed by atoms with Crippen molar-refractivity contribution >= 4 is 12.1 Å². The summed E-state index contributed by atoms with van der Waals surface area (Å²) >= 11 is 0. The lowest BCUT2D eigenvalue weighted by molar-refractivity contribution is -0.156. The minimum absolute atomic E-state index is 0.167. The Hall–Kier alpha value is -3.17. The van der Waals surface area contributed by atoms with Crippen LogP contribution in [0.25, 0.3) is 11.4 Å². The van der Waals surface area contributed by atoms with E-state index >= 15 is 0 Å². The molecule has 10 heteroatoms. The lowest BCUT2D eigenvalue weighted by Crippen LogP contribution is -2.41. The molecule has 0 fully saturated rings. The zero-order chi connectivity index (χ0) is 22.5. The van der Waals surface area contributed by atoms with Gasteiger partial charge in [0.1, 0.15) is 23.6 Å². The number of nitrogens with zero attached hydrogens (tertiary/aromatic N) is 5. The molecular weight excluding hydrogens is 393 g/mol. The largest absolute Gasteiger partial charge is 0.459 e. The number of benzene rings is 1. The minimum Gasteiger partial charge on any atom is -0.459 e. The maximum atomic E-state index is 14.7. The van der Waals surface area contributed by atoms with Crippen molar-refractivity contribution in [3.8, 4) is 11.4 Å². The third-order valence-corrected chi connectivity index (χ3v) is 3.47. The van der Waals surface area contributed by atoms with Gasteiger partial charge in [-0.3, -0.25) is 9.69 Å². The standard InChI is InChI=1S/C20H26FN5O4/c1-19(2,3)29-16(27)11-26(18(28)30-20(4,5)6)10-14-8-7-13(9-15(14)21)17-24-22-12-23-25-17/h7-9,12H,10-11H2,1-6H3. The lowest BCUT2D eigenvalue weighted by Gasteiger charge is -2.28. The molecule has 0 saturated carbocycles. The van der Waals surface area contributed by atoms with Gasteiger partial charge in [-0.15, -0.1) is 20.4 Å². The van der Waals surface area contributed by atoms with Crippen LogP contribution < -0.4 is 0 Å². The molecule has 0 spiro atoms. The summed E-state index contributed by atoms with van der Waals surface area (Å²) in [6.45, 7) is 9.69. The van der Waals surface area contributed by atoms with E-state index in [0.29, 0.717) is 5.56 Å². The molecule has 0 unspecified atom stereocenters. The van der Waals surface area contributed by atoms with E-state index in [2.05, 4.69) is 20.4 Å². The van der Waals surface area contributed by atoms with Crippen molar-refractivity contribution in [3.63, 3.8) is 0 Å². The van der Waals surface area contributed by atoms with Crippen molar-refractivity contribution < 1.29 is 23.5 Å². The summed E-state index contributed by atoms with van der Waals surface area (Å²) in [5, 5.41) is 14.8. The van der Waals surface area contributed by atoms with Gasteiger partial charge in [-0.1, -0.05) is 12.1 Å². The number of carbonyl (C=O) groups excluding carboxylic acids is 2. The molecule has 0 atom stereocenters. The fraction of sp³-hybridized carbons (Fsp3) is 0.500. The van der Waals surface area contributed by atoms with Crippen molar-refractivity contribution in [3.05, 3.63) is 35.9 Å². The first-order valence-corrected chi connectivity index (χ1v) is 9.33. The van der Waals surface area contributed by atoms with E-state index in [0.717, 1.165) is 4.90 Å². The number of hydrogen-bond donors (Lipinski definition) is 0. The Morgan fingerprint density at radius 2 is 1.60 bits per heavy atom. The molecule has 30 heavy (non-hydrogen) atoms. The van der Waals surface area contributed by atoms with Crippen molar-refractivity contribution in [2.24, 2.45) is 0 Å². The average Bonchev–Trinajstić information content (AvgIpc) is 2.60. The van der Waals surface area contributed by atoms with Crippen LogP contribution in [0.4, 0.5) is 9.18 Å². The predicted molar refractivity (Wildman–Crippen MR) is 106 cm³/mol. The fourth-order valence-corrected chi connectivity index (χ4v) is 2.38. The van der Waals surface area contributed by atoms with E-state index in [4.69, 9.17) is 9.47 Å². The summed E-state index contributed by atoms with van der Waals surface area (Å²) in [5.41, 5.74) is -0.935. The van der Waals surface area contributed by atoms with Crippen LogP contribution in [-0.4, -0.2) is 55.1 Å². The first-order valence-electron chi connectivity index (χ1n) is 9.33. The molecule has 0 bridgehead atoms. The molecular formula is C20H26FN5O4. The van der Waals surface area contributed by atoms with Crippen molar-refractivity contribution in [1.82, 2.24) is 25.3 Å². The van der Waals surface area contributed by atoms with Crippen LogP contribution in [-0.2, 0) is 20.8 Å². The van der Waals surface area contributed by atoms with Gasteiger partial charge >= 0.3 is 12.1 Å². The van der Waals surface area contributed by atoms with Crippen LogP contribution in [0.5, 0.6) is 0 Å². The van der Waals surface area contributed by atoms with Crippen LogP contribution in [0, 0.1) is 5.82 Å². The van der Waals surface area contributed by atoms with Gasteiger partial charge in [-0.2, -0.15) is 0 Å². The van der Waals surface area contributed by atoms with Gasteiger partial charge in [0, 0.05) is 11.1 Å². The highest BCUT2D eigenvalue weighted by Crippen LogP contribution is 2.20. The third-order valence-electron chi connectivity index (χ3n) is 3.47. The number of hydrogen-bond acceptors (Lipinski definition) is 8. The summed E-state index contributed by atoms with van der Waals surface area (Å²) in [5.74, 6) is -1.06. The Labute approximate surface area is 174 Å². The Kier molecular flexibility index (Phi) is 7.01. The molecule has 9 nitrogen and oxygen atoms in total. The molecule has 1 heterocycles. The average molecular weight is 419 g/mol. The number of ether oxygens (including phenoxy) is 2. The highest BCUT2D eigenvalue weighted by molar-refractivity contribution is 5.78. The quantitative estimate of drug-likeness (QED) is 0.680. The molecule has 1 amide bonds. The van der Waals surface area contributed by atoms with Crippen LogP contribution in [0.3, 0.4) is 0 Å². The topological polar surface area (TPSA) is 107 Å². The lowest BCUT2D eigenvalue weighted by atomic mass is 10.1. The van der Waals surface area contributed by atoms with Gasteiger partial charge in [0.2, 0.25) is 5.82 Å². The number of esters is 1. The van der Waals surface area contributed by atoms with Gasteiger partial charge in [-0.25, -0.2) is 9.18 Å². The second kappa shape index (κ2) is 9.10. The van der Waals surface area contributed by atoms with E-state index in [1.807, 2.05) is 0 Å². The number of halogens is 1. The summed E-state index contributed by atoms with van der Waals surface area (Å²) < 4.78 is 25.4. The Balaban J connectivity index is 2.24. The number of rotatable bonds is 5. The van der Waals surface area contributed by atoms with E-state index in [9.17, 15) is 14.0 Å². The van der Waals surface area contributed by atoms with Crippen LogP contribution >= 0.6 is 0 Å². The highest BCUT2D eigenvalue weighted by Gasteiger charge is 2.27. The predicted octanol–water partition coefficient (Wildman–Crippen LogP) is 3.15. The van der Waals surface area contributed by atoms with Crippen molar-refractivity contribution in [1.29, 1.82) is 0 Å². The maximum Gasteiger partial charge on any atom is 0.411 e. The molecule has 0 aliphatic heterocycles. The molecule has 2 rings (SSSR count). The third kappa shape index (κ3) is 7.34. The second-order valence-electron chi connectivity index (χ2n) is 8.60. The molecule has 0 N–H and O–H groups in total. The Morgan fingerprint density at radius 3 is 2.13 bits per heavy atom. The van der Waals surface area contributed by atoms with Gasteiger partial charge in [0.05, 0.1) is 6.54 Å². The Morgan fingerprint density at radius 1 is 1.00 bits per heavy atom. The van der Waals surface area contributed by atoms with E-state index in [1.54, 1.807) is 47.6 Å². The smallest absolute Gasteiger partial charge is 0.411 e. The first kappa shape index (κ1) is 23.1. The first-order chi connectivity index (χ1) is 13.8. The maximum absolute atomic E-state index is 14.7. The summed E-state index contributed by atoms with van der Waals surface area (Å²) in [6, 6.07) is 4.28. The SMILES string of the molecule is CC(C)(C)OC(=O)CN(Cc1ccc(-c2nncnn2)cc1F)C(=O)OC(C)(C)C. The van der Waals surface area contributed by atoms with Crippen LogP contribution in [0.15, 0.2) is 24.5 Å². The summed E-state index contributed by atoms with van der Waals surface area (Å²) in [4.78, 5) is 26.0. The fourth-order valence-electron chi connectivity index (χ4n) is 2.38. The van der Waals surface area contributed by atoms with E-state index < -0.39 is 29.1 Å². The molecule has 0 aliphatic rings. The van der Waals surface area contributed by atoms with Crippen molar-refractivity contribution in [2.75, 3.05) is 6.54 Å². The number of amides is 1. The zero-order valence-corrected chi connectivity index (χ0v) is 18.0. The molecule has 1 aromatic carbocycles. The van der Waals surface area contributed by atoms with Gasteiger partial charge < -0.3 is 9.47 Å². The zero-order valence-electron chi connectivity index (χ0n) is 18.0. The molecule has 0 aliphatic carbocycles. The molecule has 1 aromatic heterocycles. The normalized spacial score (nSPS) is 11.7. The van der Waals surface area contributed by atoms with Crippen LogP contribution in [0.1, 0.15) is 47.1 Å². The monoisotopic (exact) mass is 419 g/mol. The van der Waals surface area contributed by atoms with Gasteiger partial charge in [0.25, 0.3) is 0 Å². The summed E-state index contributed by atoms with van der Waals surface area (Å²) in [7, 11) is 0. The van der Waals surface area contributed by atoms with Crippen LogP contribution in [0.2, 0.25) is 0 Å². The summed E-state index contributed by atoms with van der Waals surface area (Å²) in [6.07, 6.45) is 0.417. The van der Waals surface area contributed by atoms with Gasteiger partial charge in [-0.05, 0) is 47.6 Å². The molecule has 2 aromatic rings. The van der Waals surface area contributed by atoms with Crippen molar-refractivity contribution in [2.45, 2.75) is 59.3 Å². The minimum atomic E-state index is -0.781. The second-order valence-corrected chi connectivity index (χ2v) is 8.60. The van der Waals surface area contributed by atoms with E-state index in [-0.39, 0.29) is 24.5 Å². The molecule has 162 valence electrons. The number of aromatic nitrogens is 4. The van der Waals surface area contributed by atoms with E-state index in [1.165, 1.54) is 18.5 Å². The highest BCUT2D eigenvalue weighted by atomic mass is 19.1. The van der Waals surface area contributed by atoms with Gasteiger partial charge in [0.15, 0.2) is 6.33 Å². The molecule has 0 radical (unpaired) electrons. The molecule has 0 saturated heterocycles. The Bertz CT molecular complexity index is 894.